The van der Waals surface area contributed by atoms with E-state index in [0.29, 0.717) is 18.2 Å². The van der Waals surface area contributed by atoms with Crippen molar-refractivity contribution in [1.29, 1.82) is 0 Å². The zero-order chi connectivity index (χ0) is 21.2. The number of hydrogen-bond donors (Lipinski definition) is 1. The van der Waals surface area contributed by atoms with E-state index in [1.807, 2.05) is 7.05 Å². The Kier molecular flexibility index (Phi) is 6.22. The molecule has 0 bridgehead atoms. The van der Waals surface area contributed by atoms with Gasteiger partial charge in [0.1, 0.15) is 0 Å². The van der Waals surface area contributed by atoms with Crippen molar-refractivity contribution in [2.24, 2.45) is 5.92 Å². The lowest BCUT2D eigenvalue weighted by Gasteiger charge is -2.47. The molecule has 1 saturated carbocycles. The van der Waals surface area contributed by atoms with Gasteiger partial charge in [-0.1, -0.05) is 30.3 Å². The van der Waals surface area contributed by atoms with Gasteiger partial charge in [-0.15, -0.1) is 0 Å². The number of aliphatic carboxylic acids is 1. The standard InChI is InChI=1S/C19H26N2O.C2HF3O2/c1-20-18(22)13-17(16-5-3-2-4-6-16)19(20)9-11-21(12-10-19)14-15-7-8-15;3-2(4,5)1(6)7/h2-6,15,17H,7-14H2,1H3;(H,6,7). The van der Waals surface area contributed by atoms with Crippen LogP contribution in [0.25, 0.3) is 0 Å². The van der Waals surface area contributed by atoms with Gasteiger partial charge in [0.15, 0.2) is 0 Å². The number of carbonyl (C=O) groups excluding carboxylic acids is 1. The number of hydrogen-bond acceptors (Lipinski definition) is 3. The van der Waals surface area contributed by atoms with Gasteiger partial charge < -0.3 is 14.9 Å². The van der Waals surface area contributed by atoms with Crippen molar-refractivity contribution in [2.45, 2.75) is 49.7 Å². The predicted molar refractivity (Wildman–Crippen MR) is 101 cm³/mol. The smallest absolute Gasteiger partial charge is 0.475 e. The molecule has 0 aromatic heterocycles. The lowest BCUT2D eigenvalue weighted by molar-refractivity contribution is -0.192. The first-order valence-corrected chi connectivity index (χ1v) is 9.97. The Morgan fingerprint density at radius 2 is 1.72 bits per heavy atom. The summed E-state index contributed by atoms with van der Waals surface area (Å²) in [6.45, 7) is 3.58. The Hall–Kier alpha value is -2.09. The van der Waals surface area contributed by atoms with E-state index in [9.17, 15) is 18.0 Å². The molecule has 1 aromatic rings. The monoisotopic (exact) mass is 412 g/mol. The largest absolute Gasteiger partial charge is 0.490 e. The molecule has 1 aromatic carbocycles. The molecular weight excluding hydrogens is 385 g/mol. The van der Waals surface area contributed by atoms with Crippen molar-refractivity contribution < 1.29 is 27.9 Å². The number of benzene rings is 1. The van der Waals surface area contributed by atoms with Crippen LogP contribution >= 0.6 is 0 Å². The van der Waals surface area contributed by atoms with Gasteiger partial charge in [-0.3, -0.25) is 4.79 Å². The lowest BCUT2D eigenvalue weighted by Crippen LogP contribution is -2.54. The molecule has 3 aliphatic rings. The first-order chi connectivity index (χ1) is 13.6. The average Bonchev–Trinajstić information content (AvgIpc) is 3.47. The normalized spacial score (nSPS) is 24.3. The van der Waals surface area contributed by atoms with E-state index in [4.69, 9.17) is 9.90 Å². The molecule has 1 spiro atoms. The Balaban J connectivity index is 0.000000298. The number of likely N-dealkylation sites (tertiary alicyclic amines) is 2. The highest BCUT2D eigenvalue weighted by atomic mass is 19.4. The molecule has 5 nitrogen and oxygen atoms in total. The zero-order valence-electron chi connectivity index (χ0n) is 16.5. The van der Waals surface area contributed by atoms with Crippen LogP contribution in [0.5, 0.6) is 0 Å². The molecule has 3 fully saturated rings. The van der Waals surface area contributed by atoms with Crippen LogP contribution in [-0.4, -0.2) is 65.2 Å². The molecule has 1 N–H and O–H groups in total. The second kappa shape index (κ2) is 8.34. The molecule has 4 rings (SSSR count). The topological polar surface area (TPSA) is 60.9 Å². The minimum Gasteiger partial charge on any atom is -0.475 e. The van der Waals surface area contributed by atoms with Crippen LogP contribution in [0, 0.1) is 5.92 Å². The summed E-state index contributed by atoms with van der Waals surface area (Å²) in [6, 6.07) is 10.7. The number of rotatable bonds is 3. The van der Waals surface area contributed by atoms with Crippen LogP contribution in [0.4, 0.5) is 13.2 Å². The number of carbonyl (C=O) groups is 2. The maximum atomic E-state index is 12.4. The van der Waals surface area contributed by atoms with Crippen molar-refractivity contribution in [3.8, 4) is 0 Å². The van der Waals surface area contributed by atoms with E-state index in [0.717, 1.165) is 31.8 Å². The van der Waals surface area contributed by atoms with E-state index in [1.54, 1.807) is 0 Å². The van der Waals surface area contributed by atoms with E-state index >= 15 is 0 Å². The van der Waals surface area contributed by atoms with Gasteiger partial charge in [0.05, 0.1) is 5.54 Å². The summed E-state index contributed by atoms with van der Waals surface area (Å²) >= 11 is 0. The molecule has 8 heteroatoms. The van der Waals surface area contributed by atoms with Gasteiger partial charge in [0.25, 0.3) is 0 Å². The first kappa shape index (κ1) is 21.6. The van der Waals surface area contributed by atoms with Crippen LogP contribution in [-0.2, 0) is 9.59 Å². The highest BCUT2D eigenvalue weighted by Crippen LogP contribution is 2.48. The van der Waals surface area contributed by atoms with E-state index < -0.39 is 12.1 Å². The van der Waals surface area contributed by atoms with Crippen molar-refractivity contribution in [2.75, 3.05) is 26.7 Å². The average molecular weight is 412 g/mol. The lowest BCUT2D eigenvalue weighted by atomic mass is 9.73. The number of piperidine rings is 1. The quantitative estimate of drug-likeness (QED) is 0.826. The fraction of sp³-hybridized carbons (Fsp3) is 0.619. The third-order valence-corrected chi connectivity index (χ3v) is 6.45. The number of carboxylic acids is 1. The summed E-state index contributed by atoms with van der Waals surface area (Å²) < 4.78 is 31.7. The van der Waals surface area contributed by atoms with Gasteiger partial charge in [0.2, 0.25) is 5.91 Å². The Bertz CT molecular complexity index is 726. The van der Waals surface area contributed by atoms with Crippen LogP contribution in [0.1, 0.15) is 43.6 Å². The van der Waals surface area contributed by atoms with Crippen molar-refractivity contribution in [3.05, 3.63) is 35.9 Å². The van der Waals surface area contributed by atoms with E-state index in [-0.39, 0.29) is 5.54 Å². The van der Waals surface area contributed by atoms with Crippen molar-refractivity contribution in [1.82, 2.24) is 9.80 Å². The third-order valence-electron chi connectivity index (χ3n) is 6.45. The fourth-order valence-corrected chi connectivity index (χ4v) is 4.57. The molecule has 2 heterocycles. The molecule has 1 amide bonds. The number of nitrogens with zero attached hydrogens (tertiary/aromatic N) is 2. The molecule has 29 heavy (non-hydrogen) atoms. The van der Waals surface area contributed by atoms with Crippen molar-refractivity contribution in [3.63, 3.8) is 0 Å². The molecule has 0 radical (unpaired) electrons. The highest BCUT2D eigenvalue weighted by molar-refractivity contribution is 5.81. The second-order valence-corrected chi connectivity index (χ2v) is 8.27. The summed E-state index contributed by atoms with van der Waals surface area (Å²) in [5, 5.41) is 7.12. The Morgan fingerprint density at radius 1 is 1.17 bits per heavy atom. The van der Waals surface area contributed by atoms with Crippen LogP contribution in [0.15, 0.2) is 30.3 Å². The van der Waals surface area contributed by atoms with Gasteiger partial charge >= 0.3 is 12.1 Å². The zero-order valence-corrected chi connectivity index (χ0v) is 16.5. The maximum Gasteiger partial charge on any atom is 0.490 e. The molecule has 1 unspecified atom stereocenters. The minimum atomic E-state index is -5.08. The number of carboxylic acid groups (broad SMARTS) is 1. The second-order valence-electron chi connectivity index (χ2n) is 8.27. The summed E-state index contributed by atoms with van der Waals surface area (Å²) in [5.41, 5.74) is 1.40. The highest BCUT2D eigenvalue weighted by Gasteiger charge is 2.52. The Morgan fingerprint density at radius 3 is 2.21 bits per heavy atom. The van der Waals surface area contributed by atoms with Gasteiger partial charge in [-0.25, -0.2) is 4.79 Å². The molecule has 160 valence electrons. The maximum absolute atomic E-state index is 12.4. The van der Waals surface area contributed by atoms with Crippen LogP contribution < -0.4 is 0 Å². The van der Waals surface area contributed by atoms with E-state index in [2.05, 4.69) is 40.1 Å². The number of halogens is 3. The number of alkyl halides is 3. The first-order valence-electron chi connectivity index (χ1n) is 9.97. The van der Waals surface area contributed by atoms with Crippen molar-refractivity contribution >= 4 is 11.9 Å². The summed E-state index contributed by atoms with van der Waals surface area (Å²) in [5.74, 6) is -1.10. The van der Waals surface area contributed by atoms with Gasteiger partial charge in [-0.2, -0.15) is 13.2 Å². The summed E-state index contributed by atoms with van der Waals surface area (Å²) in [4.78, 5) is 26.0. The van der Waals surface area contributed by atoms with Gasteiger partial charge in [-0.05, 0) is 37.2 Å². The number of amides is 1. The SMILES string of the molecule is CN1C(=O)CC(c2ccccc2)C12CCN(CC1CC1)CC2.O=C(O)C(F)(F)F. The fourth-order valence-electron chi connectivity index (χ4n) is 4.57. The summed E-state index contributed by atoms with van der Waals surface area (Å²) in [6.07, 6.45) is 0.700. The molecule has 1 aliphatic carbocycles. The summed E-state index contributed by atoms with van der Waals surface area (Å²) in [7, 11) is 2.03. The molecule has 1 atom stereocenters. The predicted octanol–water partition coefficient (Wildman–Crippen LogP) is 3.51. The van der Waals surface area contributed by atoms with E-state index in [1.165, 1.54) is 24.9 Å². The number of likely N-dealkylation sites (N-methyl/N-ethyl adjacent to an activating group) is 1. The molecule has 2 saturated heterocycles. The molecular formula is C21H27F3N2O3. The minimum absolute atomic E-state index is 0.0541. The molecule has 2 aliphatic heterocycles. The van der Waals surface area contributed by atoms with Crippen LogP contribution in [0.3, 0.4) is 0 Å². The third kappa shape index (κ3) is 4.91. The Labute approximate surface area is 168 Å². The van der Waals surface area contributed by atoms with Gasteiger partial charge in [0, 0.05) is 39.0 Å². The van der Waals surface area contributed by atoms with Crippen LogP contribution in [0.2, 0.25) is 0 Å².